The molecule has 0 N–H and O–H groups in total. The van der Waals surface area contributed by atoms with Gasteiger partial charge >= 0.3 is 0 Å². The maximum absolute atomic E-state index is 2.43. The third kappa shape index (κ3) is 6.71. The predicted octanol–water partition coefficient (Wildman–Crippen LogP) is 18.4. The Morgan fingerprint density at radius 2 is 0.836 bits per heavy atom. The van der Waals surface area contributed by atoms with E-state index in [1.807, 2.05) is 11.3 Å². The number of rotatable bonds is 8. The molecule has 0 amide bonds. The Balaban J connectivity index is 0.935. The SMILES string of the molecule is c1cc(-c2ccc(N(c3ccc(-c4ccccc4-n4c5ccccc5c5ccccc54)cc3)c3ccccc3-c3cccc4c3sc3ccccc34)cc2)cc(-c2ccc3ccccc3c2)c1. The molecule has 67 heavy (non-hydrogen) atoms. The van der Waals surface area contributed by atoms with Crippen LogP contribution in [0.5, 0.6) is 0 Å². The molecule has 0 radical (unpaired) electrons. The molecule has 3 heteroatoms. The van der Waals surface area contributed by atoms with Gasteiger partial charge in [-0.25, -0.2) is 0 Å². The fourth-order valence-corrected chi connectivity index (χ4v) is 11.4. The Labute approximate surface area is 393 Å². The molecular formula is C64H42N2S. The van der Waals surface area contributed by atoms with Crippen molar-refractivity contribution in [3.05, 3.63) is 255 Å². The normalized spacial score (nSPS) is 11.6. The van der Waals surface area contributed by atoms with Gasteiger partial charge in [-0.15, -0.1) is 11.3 Å². The van der Waals surface area contributed by atoms with Gasteiger partial charge in [0.2, 0.25) is 0 Å². The molecule has 0 aliphatic carbocycles. The van der Waals surface area contributed by atoms with Gasteiger partial charge in [0, 0.05) is 59.0 Å². The topological polar surface area (TPSA) is 8.17 Å². The van der Waals surface area contributed by atoms with Crippen molar-refractivity contribution in [3.8, 4) is 50.2 Å². The second-order valence-corrected chi connectivity index (χ2v) is 18.3. The molecule has 13 aromatic rings. The van der Waals surface area contributed by atoms with Gasteiger partial charge < -0.3 is 9.47 Å². The minimum Gasteiger partial charge on any atom is -0.310 e. The van der Waals surface area contributed by atoms with Crippen LogP contribution in [0.3, 0.4) is 0 Å². The first-order valence-corrected chi connectivity index (χ1v) is 23.7. The summed E-state index contributed by atoms with van der Waals surface area (Å²) in [5.41, 5.74) is 16.4. The van der Waals surface area contributed by atoms with Gasteiger partial charge in [0.05, 0.1) is 22.4 Å². The van der Waals surface area contributed by atoms with Crippen molar-refractivity contribution in [2.24, 2.45) is 0 Å². The fraction of sp³-hybridized carbons (Fsp3) is 0. The summed E-state index contributed by atoms with van der Waals surface area (Å²) in [7, 11) is 0. The molecule has 0 bridgehead atoms. The number of fused-ring (bicyclic) bond motifs is 7. The Hall–Kier alpha value is -8.50. The van der Waals surface area contributed by atoms with Crippen LogP contribution in [0, 0.1) is 0 Å². The summed E-state index contributed by atoms with van der Waals surface area (Å²) in [5, 5.41) is 7.61. The minimum absolute atomic E-state index is 1.08. The van der Waals surface area contributed by atoms with E-state index in [0.29, 0.717) is 0 Å². The Kier molecular flexibility index (Phi) is 9.40. The van der Waals surface area contributed by atoms with Gasteiger partial charge in [-0.2, -0.15) is 0 Å². The van der Waals surface area contributed by atoms with Crippen LogP contribution in [0.25, 0.3) is 103 Å². The molecule has 2 nitrogen and oxygen atoms in total. The smallest absolute Gasteiger partial charge is 0.0541 e. The summed E-state index contributed by atoms with van der Waals surface area (Å²) >= 11 is 1.87. The minimum atomic E-state index is 1.08. The first-order valence-electron chi connectivity index (χ1n) is 22.9. The molecule has 0 spiro atoms. The molecule has 2 heterocycles. The summed E-state index contributed by atoms with van der Waals surface area (Å²) < 4.78 is 5.02. The van der Waals surface area contributed by atoms with Gasteiger partial charge in [-0.3, -0.25) is 0 Å². The van der Waals surface area contributed by atoms with Gasteiger partial charge in [-0.05, 0) is 105 Å². The zero-order valence-electron chi connectivity index (χ0n) is 36.6. The van der Waals surface area contributed by atoms with E-state index in [1.165, 1.54) is 91.7 Å². The van der Waals surface area contributed by atoms with Crippen LogP contribution in [0.15, 0.2) is 255 Å². The summed E-state index contributed by atoms with van der Waals surface area (Å²) in [6, 6.07) is 93.2. The summed E-state index contributed by atoms with van der Waals surface area (Å²) in [6.07, 6.45) is 0. The molecule has 0 aliphatic heterocycles. The van der Waals surface area contributed by atoms with Crippen LogP contribution in [-0.2, 0) is 0 Å². The second kappa shape index (κ2) is 16.2. The average Bonchev–Trinajstić information content (AvgIpc) is 3.95. The Morgan fingerprint density at radius 3 is 1.60 bits per heavy atom. The van der Waals surface area contributed by atoms with Crippen molar-refractivity contribution in [2.45, 2.75) is 0 Å². The second-order valence-electron chi connectivity index (χ2n) is 17.3. The largest absolute Gasteiger partial charge is 0.310 e. The van der Waals surface area contributed by atoms with Crippen LogP contribution in [0.2, 0.25) is 0 Å². The lowest BCUT2D eigenvalue weighted by Gasteiger charge is -2.28. The number of para-hydroxylation sites is 4. The first-order chi connectivity index (χ1) is 33.2. The monoisotopic (exact) mass is 870 g/mol. The highest BCUT2D eigenvalue weighted by Gasteiger charge is 2.21. The molecule has 2 aromatic heterocycles. The lowest BCUT2D eigenvalue weighted by Crippen LogP contribution is -2.11. The van der Waals surface area contributed by atoms with Gasteiger partial charge in [0.25, 0.3) is 0 Å². The maximum Gasteiger partial charge on any atom is 0.0541 e. The number of benzene rings is 11. The molecule has 0 saturated carbocycles. The van der Waals surface area contributed by atoms with Crippen LogP contribution >= 0.6 is 11.3 Å². The third-order valence-electron chi connectivity index (χ3n) is 13.4. The number of nitrogens with zero attached hydrogens (tertiary/aromatic N) is 2. The maximum atomic E-state index is 2.43. The van der Waals surface area contributed by atoms with E-state index >= 15 is 0 Å². The standard InChI is InChI=1S/C64H42N2S/c1-2-16-46-42-49(32-31-43(46)15-1)48-18-13-17-47(41-48)44-33-37-50(38-34-44)65(60-27-9-6-22-55(60)57-24-14-25-58-56-23-7-12-30-63(56)67-64(57)58)51-39-35-45(36-40-51)52-19-3-8-26-59(52)66-61-28-10-4-20-53(61)54-21-5-11-29-62(54)66/h1-42H. The molecule has 0 fully saturated rings. The first kappa shape index (κ1) is 38.9. The quantitative estimate of drug-likeness (QED) is 0.148. The van der Waals surface area contributed by atoms with Crippen molar-refractivity contribution < 1.29 is 0 Å². The molecule has 13 rings (SSSR count). The predicted molar refractivity (Wildman–Crippen MR) is 288 cm³/mol. The fourth-order valence-electron chi connectivity index (χ4n) is 10.2. The van der Waals surface area contributed by atoms with Crippen LogP contribution in [0.1, 0.15) is 0 Å². The number of hydrogen-bond acceptors (Lipinski definition) is 2. The summed E-state index contributed by atoms with van der Waals surface area (Å²) in [4.78, 5) is 2.43. The molecule has 11 aromatic carbocycles. The lowest BCUT2D eigenvalue weighted by molar-refractivity contribution is 1.18. The molecule has 0 atom stereocenters. The van der Waals surface area contributed by atoms with E-state index in [0.717, 1.165) is 28.3 Å². The van der Waals surface area contributed by atoms with Gasteiger partial charge in [0.1, 0.15) is 0 Å². The highest BCUT2D eigenvalue weighted by atomic mass is 32.1. The molecule has 0 unspecified atom stereocenters. The third-order valence-corrected chi connectivity index (χ3v) is 14.6. The van der Waals surface area contributed by atoms with Crippen molar-refractivity contribution >= 4 is 81.1 Å². The highest BCUT2D eigenvalue weighted by Crippen LogP contribution is 2.47. The highest BCUT2D eigenvalue weighted by molar-refractivity contribution is 7.26. The van der Waals surface area contributed by atoms with Crippen LogP contribution in [0.4, 0.5) is 17.1 Å². The van der Waals surface area contributed by atoms with Crippen LogP contribution < -0.4 is 4.90 Å². The van der Waals surface area contributed by atoms with Gasteiger partial charge in [0.15, 0.2) is 0 Å². The van der Waals surface area contributed by atoms with Crippen molar-refractivity contribution in [2.75, 3.05) is 4.90 Å². The zero-order valence-corrected chi connectivity index (χ0v) is 37.4. The van der Waals surface area contributed by atoms with E-state index in [9.17, 15) is 0 Å². The molecule has 0 saturated heterocycles. The van der Waals surface area contributed by atoms with Crippen LogP contribution in [-0.4, -0.2) is 4.57 Å². The zero-order chi connectivity index (χ0) is 44.3. The Morgan fingerprint density at radius 1 is 0.313 bits per heavy atom. The van der Waals surface area contributed by atoms with E-state index in [-0.39, 0.29) is 0 Å². The Bertz CT molecular complexity index is 3930. The summed E-state index contributed by atoms with van der Waals surface area (Å²) in [6.45, 7) is 0. The summed E-state index contributed by atoms with van der Waals surface area (Å²) in [5.74, 6) is 0. The molecule has 314 valence electrons. The van der Waals surface area contributed by atoms with Crippen molar-refractivity contribution in [3.63, 3.8) is 0 Å². The number of anilines is 3. The van der Waals surface area contributed by atoms with E-state index < -0.39 is 0 Å². The lowest BCUT2D eigenvalue weighted by atomic mass is 9.97. The molecule has 0 aliphatic rings. The van der Waals surface area contributed by atoms with E-state index in [1.54, 1.807) is 0 Å². The van der Waals surface area contributed by atoms with Crippen molar-refractivity contribution in [1.29, 1.82) is 0 Å². The van der Waals surface area contributed by atoms with Crippen molar-refractivity contribution in [1.82, 2.24) is 4.57 Å². The van der Waals surface area contributed by atoms with Gasteiger partial charge in [-0.1, -0.05) is 188 Å². The van der Waals surface area contributed by atoms with E-state index in [4.69, 9.17) is 0 Å². The molecular weight excluding hydrogens is 829 g/mol. The average molecular weight is 871 g/mol. The number of thiophene rings is 1. The number of hydrogen-bond donors (Lipinski definition) is 0. The van der Waals surface area contributed by atoms with E-state index in [2.05, 4.69) is 264 Å². The number of aromatic nitrogens is 1.